The van der Waals surface area contributed by atoms with E-state index in [0.717, 1.165) is 36.2 Å². The van der Waals surface area contributed by atoms with Crippen LogP contribution in [0.1, 0.15) is 123 Å². The van der Waals surface area contributed by atoms with Crippen molar-refractivity contribution >= 4 is 0 Å². The molecule has 1 heteroatoms. The van der Waals surface area contributed by atoms with Gasteiger partial charge in [0.05, 0.1) is 6.10 Å². The van der Waals surface area contributed by atoms with E-state index in [1.165, 1.54) is 70.6 Å². The minimum atomic E-state index is 0.587. The van der Waals surface area contributed by atoms with Gasteiger partial charge in [0.2, 0.25) is 0 Å². The summed E-state index contributed by atoms with van der Waals surface area (Å²) in [6, 6.07) is 0. The van der Waals surface area contributed by atoms with Crippen LogP contribution in [0.3, 0.4) is 0 Å². The Bertz CT molecular complexity index is 376. The van der Waals surface area contributed by atoms with E-state index in [-0.39, 0.29) is 0 Å². The Balaban J connectivity index is 1.34. The SMILES string of the molecule is CCCCC[C@H]1CC[C@H](C2CCC([C@H]3CCC[C@@H](OCCC)C3)CC2)CC1. The van der Waals surface area contributed by atoms with Crippen molar-refractivity contribution in [3.05, 3.63) is 0 Å². The summed E-state index contributed by atoms with van der Waals surface area (Å²) in [7, 11) is 0. The van der Waals surface area contributed by atoms with Crippen LogP contribution in [0.2, 0.25) is 0 Å². The van der Waals surface area contributed by atoms with Gasteiger partial charge in [-0.15, -0.1) is 0 Å². The van der Waals surface area contributed by atoms with Crippen LogP contribution in [0.5, 0.6) is 0 Å². The Kier molecular flexibility index (Phi) is 9.50. The highest BCUT2D eigenvalue weighted by molar-refractivity contribution is 4.86. The summed E-state index contributed by atoms with van der Waals surface area (Å²) < 4.78 is 6.11. The molecule has 27 heavy (non-hydrogen) atoms. The van der Waals surface area contributed by atoms with Gasteiger partial charge in [0.25, 0.3) is 0 Å². The van der Waals surface area contributed by atoms with Crippen molar-refractivity contribution in [1.29, 1.82) is 0 Å². The zero-order valence-electron chi connectivity index (χ0n) is 18.6. The number of hydrogen-bond donors (Lipinski definition) is 0. The molecule has 0 unspecified atom stereocenters. The highest BCUT2D eigenvalue weighted by Crippen LogP contribution is 2.46. The maximum Gasteiger partial charge on any atom is 0.0577 e. The second kappa shape index (κ2) is 11.8. The van der Waals surface area contributed by atoms with Crippen molar-refractivity contribution in [2.24, 2.45) is 29.6 Å². The molecule has 3 aliphatic carbocycles. The topological polar surface area (TPSA) is 9.23 Å². The summed E-state index contributed by atoms with van der Waals surface area (Å²) in [5.74, 6) is 5.25. The van der Waals surface area contributed by atoms with E-state index >= 15 is 0 Å². The molecule has 3 fully saturated rings. The molecule has 158 valence electrons. The normalized spacial score (nSPS) is 38.0. The molecule has 3 aliphatic rings. The van der Waals surface area contributed by atoms with Crippen LogP contribution in [0.15, 0.2) is 0 Å². The first-order valence-electron chi connectivity index (χ1n) is 12.9. The van der Waals surface area contributed by atoms with E-state index in [1.807, 2.05) is 0 Å². The lowest BCUT2D eigenvalue weighted by molar-refractivity contribution is -0.00367. The molecule has 0 spiro atoms. The molecule has 0 bridgehead atoms. The predicted molar refractivity (Wildman–Crippen MR) is 117 cm³/mol. The maximum atomic E-state index is 6.11. The average molecular weight is 377 g/mol. The lowest BCUT2D eigenvalue weighted by Gasteiger charge is -2.41. The summed E-state index contributed by atoms with van der Waals surface area (Å²) in [4.78, 5) is 0. The van der Waals surface area contributed by atoms with Crippen molar-refractivity contribution in [2.45, 2.75) is 129 Å². The highest BCUT2D eigenvalue weighted by atomic mass is 16.5. The van der Waals surface area contributed by atoms with E-state index in [0.29, 0.717) is 6.10 Å². The smallest absolute Gasteiger partial charge is 0.0577 e. The lowest BCUT2D eigenvalue weighted by atomic mass is 9.65. The van der Waals surface area contributed by atoms with Crippen LogP contribution in [0.25, 0.3) is 0 Å². The van der Waals surface area contributed by atoms with Crippen molar-refractivity contribution in [1.82, 2.24) is 0 Å². The van der Waals surface area contributed by atoms with E-state index < -0.39 is 0 Å². The third-order valence-corrected chi connectivity index (χ3v) is 8.48. The van der Waals surface area contributed by atoms with Crippen LogP contribution < -0.4 is 0 Å². The monoisotopic (exact) mass is 376 g/mol. The number of hydrogen-bond acceptors (Lipinski definition) is 1. The van der Waals surface area contributed by atoms with Crippen LogP contribution >= 0.6 is 0 Å². The maximum absolute atomic E-state index is 6.11. The Morgan fingerprint density at radius 3 is 1.89 bits per heavy atom. The van der Waals surface area contributed by atoms with Crippen molar-refractivity contribution in [2.75, 3.05) is 6.61 Å². The van der Waals surface area contributed by atoms with Gasteiger partial charge in [0, 0.05) is 6.61 Å². The van der Waals surface area contributed by atoms with Gasteiger partial charge in [0.15, 0.2) is 0 Å². The number of ether oxygens (including phenoxy) is 1. The number of unbranched alkanes of at least 4 members (excludes halogenated alkanes) is 2. The fraction of sp³-hybridized carbons (Fsp3) is 1.00. The van der Waals surface area contributed by atoms with Crippen molar-refractivity contribution in [3.8, 4) is 0 Å². The quantitative estimate of drug-likeness (QED) is 0.369. The molecule has 0 aromatic rings. The molecule has 0 radical (unpaired) electrons. The van der Waals surface area contributed by atoms with Crippen LogP contribution in [0.4, 0.5) is 0 Å². The van der Waals surface area contributed by atoms with E-state index in [9.17, 15) is 0 Å². The van der Waals surface area contributed by atoms with Crippen LogP contribution in [-0.2, 0) is 4.74 Å². The number of rotatable bonds is 9. The minimum absolute atomic E-state index is 0.587. The second-order valence-corrected chi connectivity index (χ2v) is 10.4. The van der Waals surface area contributed by atoms with E-state index in [2.05, 4.69) is 13.8 Å². The lowest BCUT2D eigenvalue weighted by Crippen LogP contribution is -2.32. The molecule has 3 saturated carbocycles. The zero-order valence-corrected chi connectivity index (χ0v) is 18.6. The van der Waals surface area contributed by atoms with Gasteiger partial charge in [-0.3, -0.25) is 0 Å². The summed E-state index contributed by atoms with van der Waals surface area (Å²) in [5.41, 5.74) is 0. The first-order chi connectivity index (χ1) is 13.3. The third kappa shape index (κ3) is 6.76. The fourth-order valence-electron chi connectivity index (χ4n) is 6.76. The van der Waals surface area contributed by atoms with Crippen LogP contribution in [-0.4, -0.2) is 12.7 Å². The van der Waals surface area contributed by atoms with Crippen molar-refractivity contribution in [3.63, 3.8) is 0 Å². The van der Waals surface area contributed by atoms with Gasteiger partial charge >= 0.3 is 0 Å². The van der Waals surface area contributed by atoms with E-state index in [1.54, 1.807) is 38.5 Å². The molecule has 0 N–H and O–H groups in total. The Hall–Kier alpha value is -0.0400. The second-order valence-electron chi connectivity index (χ2n) is 10.4. The molecule has 0 heterocycles. The molecule has 0 aliphatic heterocycles. The first kappa shape index (κ1) is 21.7. The molecule has 2 atom stereocenters. The average Bonchev–Trinajstić information content (AvgIpc) is 2.73. The fourth-order valence-corrected chi connectivity index (χ4v) is 6.76. The third-order valence-electron chi connectivity index (χ3n) is 8.48. The first-order valence-corrected chi connectivity index (χ1v) is 12.9. The van der Waals surface area contributed by atoms with E-state index in [4.69, 9.17) is 4.74 Å². The molecule has 0 aromatic heterocycles. The molecule has 0 amide bonds. The summed E-state index contributed by atoms with van der Waals surface area (Å²) in [6.45, 7) is 5.55. The summed E-state index contributed by atoms with van der Waals surface area (Å²) in [6.07, 6.45) is 25.6. The Morgan fingerprint density at radius 1 is 0.630 bits per heavy atom. The minimum Gasteiger partial charge on any atom is -0.378 e. The highest BCUT2D eigenvalue weighted by Gasteiger charge is 2.35. The molecule has 0 saturated heterocycles. The van der Waals surface area contributed by atoms with Crippen molar-refractivity contribution < 1.29 is 4.74 Å². The van der Waals surface area contributed by atoms with Gasteiger partial charge in [-0.05, 0) is 93.8 Å². The van der Waals surface area contributed by atoms with Crippen LogP contribution in [0, 0.1) is 29.6 Å². The summed E-state index contributed by atoms with van der Waals surface area (Å²) >= 11 is 0. The van der Waals surface area contributed by atoms with Gasteiger partial charge in [-0.1, -0.05) is 58.8 Å². The molecular weight excluding hydrogens is 328 g/mol. The van der Waals surface area contributed by atoms with Gasteiger partial charge in [-0.2, -0.15) is 0 Å². The summed E-state index contributed by atoms with van der Waals surface area (Å²) in [5, 5.41) is 0. The van der Waals surface area contributed by atoms with Gasteiger partial charge < -0.3 is 4.74 Å². The predicted octanol–water partition coefficient (Wildman–Crippen LogP) is 8.16. The standard InChI is InChI=1S/C26H48O/c1-3-5-6-8-21-11-13-22(14-12-21)23-15-17-24(18-16-23)25-9-7-10-26(20-25)27-19-4-2/h21-26H,3-20H2,1-2H3/t21-,22-,23?,24?,25-,26+/m0/s1. The molecule has 3 rings (SSSR count). The van der Waals surface area contributed by atoms with Gasteiger partial charge in [-0.25, -0.2) is 0 Å². The molecular formula is C26H48O. The zero-order chi connectivity index (χ0) is 18.9. The Labute approximate surface area is 170 Å². The largest absolute Gasteiger partial charge is 0.378 e. The molecule has 0 aromatic carbocycles. The van der Waals surface area contributed by atoms with Gasteiger partial charge in [0.1, 0.15) is 0 Å². The Morgan fingerprint density at radius 2 is 1.26 bits per heavy atom. The molecule has 1 nitrogen and oxygen atoms in total.